The van der Waals surface area contributed by atoms with Gasteiger partial charge in [0.05, 0.1) is 18.4 Å². The quantitative estimate of drug-likeness (QED) is 0.749. The summed E-state index contributed by atoms with van der Waals surface area (Å²) in [5, 5.41) is 0. The van der Waals surface area contributed by atoms with Crippen LogP contribution in [0, 0.1) is 5.92 Å². The Hall–Kier alpha value is -1.64. The normalized spacial score (nSPS) is 20.7. The van der Waals surface area contributed by atoms with Crippen molar-refractivity contribution in [3.05, 3.63) is 29.3 Å². The van der Waals surface area contributed by atoms with Crippen LogP contribution < -0.4 is 4.74 Å². The molecule has 1 aromatic carbocycles. The molecule has 0 N–H and O–H groups in total. The highest BCUT2D eigenvalue weighted by Gasteiger charge is 2.29. The number of carbonyl (C=O) groups is 1. The smallest absolute Gasteiger partial charge is 0.141 e. The van der Waals surface area contributed by atoms with Crippen molar-refractivity contribution in [3.63, 3.8) is 0 Å². The Morgan fingerprint density at radius 3 is 2.58 bits per heavy atom. The summed E-state index contributed by atoms with van der Waals surface area (Å²) in [5.41, 5.74) is 3.20. The third-order valence-electron chi connectivity index (χ3n) is 5.34. The van der Waals surface area contributed by atoms with E-state index in [1.807, 2.05) is 12.1 Å². The number of methoxy groups -OCH3 is 1. The van der Waals surface area contributed by atoms with Crippen LogP contribution in [0.1, 0.15) is 69.9 Å². The third-order valence-corrected chi connectivity index (χ3v) is 5.34. The van der Waals surface area contributed by atoms with E-state index in [1.165, 1.54) is 31.2 Å². The molecule has 0 radical (unpaired) electrons. The Morgan fingerprint density at radius 1 is 1.21 bits per heavy atom. The molecule has 1 fully saturated rings. The van der Waals surface area contributed by atoms with Gasteiger partial charge in [-0.1, -0.05) is 31.7 Å². The highest BCUT2D eigenvalue weighted by Crippen LogP contribution is 2.32. The van der Waals surface area contributed by atoms with Gasteiger partial charge in [-0.25, -0.2) is 0 Å². The van der Waals surface area contributed by atoms with E-state index in [2.05, 4.69) is 19.9 Å². The van der Waals surface area contributed by atoms with Gasteiger partial charge in [-0.2, -0.15) is 0 Å². The van der Waals surface area contributed by atoms with Crippen molar-refractivity contribution in [2.45, 2.75) is 70.8 Å². The molecule has 0 atom stereocenters. The second-order valence-corrected chi connectivity index (χ2v) is 7.90. The number of ether oxygens (including phenoxy) is 1. The van der Waals surface area contributed by atoms with E-state index in [0.29, 0.717) is 12.2 Å². The molecular weight excluding hydrogens is 298 g/mol. The average Bonchev–Trinajstić information content (AvgIpc) is 2.83. The van der Waals surface area contributed by atoms with Crippen LogP contribution in [0.5, 0.6) is 5.75 Å². The second kappa shape index (κ2) is 7.08. The number of Topliss-reactive ketones (excluding diaryl/α,β-unsaturated/α-hetero) is 1. The highest BCUT2D eigenvalue weighted by molar-refractivity contribution is 6.13. The molecule has 24 heavy (non-hydrogen) atoms. The summed E-state index contributed by atoms with van der Waals surface area (Å²) < 4.78 is 5.38. The first-order valence-corrected chi connectivity index (χ1v) is 9.27. The summed E-state index contributed by atoms with van der Waals surface area (Å²) in [6.45, 7) is 4.30. The Labute approximate surface area is 145 Å². The van der Waals surface area contributed by atoms with Crippen molar-refractivity contribution in [1.82, 2.24) is 0 Å². The lowest BCUT2D eigenvalue weighted by molar-refractivity contribution is -0.122. The zero-order valence-corrected chi connectivity index (χ0v) is 15.2. The minimum absolute atomic E-state index is 0.138. The van der Waals surface area contributed by atoms with Crippen LogP contribution in [0.4, 0.5) is 0 Å². The van der Waals surface area contributed by atoms with E-state index in [4.69, 9.17) is 9.73 Å². The van der Waals surface area contributed by atoms with Crippen LogP contribution in [0.2, 0.25) is 0 Å². The molecule has 130 valence electrons. The van der Waals surface area contributed by atoms with E-state index in [9.17, 15) is 4.79 Å². The van der Waals surface area contributed by atoms with Gasteiger partial charge >= 0.3 is 0 Å². The SMILES string of the molecule is COc1ccc2c(c1)C(CC(=O)C1CCCCCC1)=NC(C)(C)C2. The van der Waals surface area contributed by atoms with Crippen LogP contribution in [0.25, 0.3) is 0 Å². The molecule has 1 heterocycles. The molecule has 2 aliphatic rings. The van der Waals surface area contributed by atoms with Crippen LogP contribution in [-0.4, -0.2) is 24.1 Å². The Bertz CT molecular complexity index is 637. The van der Waals surface area contributed by atoms with E-state index in [0.717, 1.165) is 36.3 Å². The molecule has 3 heteroatoms. The molecule has 3 rings (SSSR count). The number of nitrogens with zero attached hydrogens (tertiary/aromatic N) is 1. The topological polar surface area (TPSA) is 38.7 Å². The fourth-order valence-electron chi connectivity index (χ4n) is 4.08. The lowest BCUT2D eigenvalue weighted by atomic mass is 9.83. The van der Waals surface area contributed by atoms with E-state index < -0.39 is 0 Å². The predicted octanol–water partition coefficient (Wildman–Crippen LogP) is 4.75. The van der Waals surface area contributed by atoms with Gasteiger partial charge in [0.25, 0.3) is 0 Å². The zero-order chi connectivity index (χ0) is 17.2. The van der Waals surface area contributed by atoms with Gasteiger partial charge in [0, 0.05) is 17.9 Å². The van der Waals surface area contributed by atoms with Gasteiger partial charge in [0.15, 0.2) is 0 Å². The van der Waals surface area contributed by atoms with Crippen LogP contribution >= 0.6 is 0 Å². The van der Waals surface area contributed by atoms with E-state index in [1.54, 1.807) is 7.11 Å². The van der Waals surface area contributed by atoms with Crippen LogP contribution in [0.15, 0.2) is 23.2 Å². The number of hydrogen-bond acceptors (Lipinski definition) is 3. The van der Waals surface area contributed by atoms with Crippen LogP contribution in [-0.2, 0) is 11.2 Å². The third kappa shape index (κ3) is 3.88. The summed E-state index contributed by atoms with van der Waals surface area (Å²) in [7, 11) is 1.68. The first-order valence-electron chi connectivity index (χ1n) is 9.27. The largest absolute Gasteiger partial charge is 0.497 e. The Kier molecular flexibility index (Phi) is 5.07. The van der Waals surface area contributed by atoms with Gasteiger partial charge in [0.1, 0.15) is 11.5 Å². The maximum atomic E-state index is 12.9. The Balaban J connectivity index is 1.85. The summed E-state index contributed by atoms with van der Waals surface area (Å²) in [6.07, 6.45) is 8.43. The highest BCUT2D eigenvalue weighted by atomic mass is 16.5. The maximum Gasteiger partial charge on any atom is 0.141 e. The minimum atomic E-state index is -0.138. The maximum absolute atomic E-state index is 12.9. The molecule has 0 bridgehead atoms. The van der Waals surface area contributed by atoms with E-state index >= 15 is 0 Å². The molecule has 1 aromatic rings. The molecule has 0 aromatic heterocycles. The van der Waals surface area contributed by atoms with Crippen molar-refractivity contribution in [2.24, 2.45) is 10.9 Å². The average molecular weight is 327 g/mol. The second-order valence-electron chi connectivity index (χ2n) is 7.90. The number of aliphatic imine (C=N–C) groups is 1. The first kappa shape index (κ1) is 17.2. The van der Waals surface area contributed by atoms with Gasteiger partial charge in [0.2, 0.25) is 0 Å². The van der Waals surface area contributed by atoms with Gasteiger partial charge in [-0.05, 0) is 50.8 Å². The standard InChI is InChI=1S/C21H29NO2/c1-21(2)14-16-10-11-17(24-3)12-18(16)19(22-21)13-20(23)15-8-6-4-5-7-9-15/h10-12,15H,4-9,13-14H2,1-3H3. The molecule has 1 aliphatic heterocycles. The molecule has 1 saturated carbocycles. The molecule has 1 aliphatic carbocycles. The van der Waals surface area contributed by atoms with Gasteiger partial charge in [-0.3, -0.25) is 9.79 Å². The predicted molar refractivity (Wildman–Crippen MR) is 98.1 cm³/mol. The van der Waals surface area contributed by atoms with Crippen LogP contribution in [0.3, 0.4) is 0 Å². The molecular formula is C21H29NO2. The molecule has 0 unspecified atom stereocenters. The number of rotatable bonds is 4. The van der Waals surface area contributed by atoms with Crippen molar-refractivity contribution >= 4 is 11.5 Å². The molecule has 3 nitrogen and oxygen atoms in total. The number of carbonyl (C=O) groups excluding carboxylic acids is 1. The molecule has 0 saturated heterocycles. The molecule has 0 amide bonds. The summed E-state index contributed by atoms with van der Waals surface area (Å²) in [4.78, 5) is 17.8. The number of benzene rings is 1. The lowest BCUT2D eigenvalue weighted by Gasteiger charge is -2.29. The monoisotopic (exact) mass is 327 g/mol. The molecule has 0 spiro atoms. The number of fused-ring (bicyclic) bond motifs is 1. The van der Waals surface area contributed by atoms with Crippen molar-refractivity contribution in [3.8, 4) is 5.75 Å². The minimum Gasteiger partial charge on any atom is -0.497 e. The Morgan fingerprint density at radius 2 is 1.92 bits per heavy atom. The lowest BCUT2D eigenvalue weighted by Crippen LogP contribution is -2.31. The van der Waals surface area contributed by atoms with E-state index in [-0.39, 0.29) is 11.5 Å². The van der Waals surface area contributed by atoms with Gasteiger partial charge in [-0.15, -0.1) is 0 Å². The summed E-state index contributed by atoms with van der Waals surface area (Å²) >= 11 is 0. The van der Waals surface area contributed by atoms with Crippen molar-refractivity contribution in [1.29, 1.82) is 0 Å². The summed E-state index contributed by atoms with van der Waals surface area (Å²) in [6, 6.07) is 6.18. The fourth-order valence-corrected chi connectivity index (χ4v) is 4.08. The first-order chi connectivity index (χ1) is 11.5. The zero-order valence-electron chi connectivity index (χ0n) is 15.2. The summed E-state index contributed by atoms with van der Waals surface area (Å²) in [5.74, 6) is 1.44. The number of hydrogen-bond donors (Lipinski definition) is 0. The van der Waals surface area contributed by atoms with Gasteiger partial charge < -0.3 is 4.74 Å². The van der Waals surface area contributed by atoms with Crippen molar-refractivity contribution < 1.29 is 9.53 Å². The van der Waals surface area contributed by atoms with Crippen molar-refractivity contribution in [2.75, 3.05) is 7.11 Å². The number of ketones is 1. The fraction of sp³-hybridized carbons (Fsp3) is 0.619.